The highest BCUT2D eigenvalue weighted by Gasteiger charge is 2.24. The fraction of sp³-hybridized carbons (Fsp3) is 0. The number of aromatic nitrogens is 3. The molecular weight excluding hydrogens is 849 g/mol. The van der Waals surface area contributed by atoms with Gasteiger partial charge >= 0.3 is 0 Å². The van der Waals surface area contributed by atoms with Crippen LogP contribution in [0.4, 0.5) is 11.4 Å². The van der Waals surface area contributed by atoms with Gasteiger partial charge in [0.15, 0.2) is 0 Å². The van der Waals surface area contributed by atoms with E-state index in [2.05, 4.69) is 280 Å². The molecule has 0 unspecified atom stereocenters. The zero-order chi connectivity index (χ0) is 46.1. The van der Waals surface area contributed by atoms with Crippen LogP contribution in [0, 0.1) is 0 Å². The highest BCUT2D eigenvalue weighted by atomic mass is 15.0. The van der Waals surface area contributed by atoms with Gasteiger partial charge in [-0.2, -0.15) is 0 Å². The zero-order valence-corrected chi connectivity index (χ0v) is 38.2. The summed E-state index contributed by atoms with van der Waals surface area (Å²) in [6, 6.07) is 95.0. The molecule has 0 aliphatic carbocycles. The Morgan fingerprint density at radius 3 is 1.03 bits per heavy atom. The van der Waals surface area contributed by atoms with Gasteiger partial charge < -0.3 is 19.0 Å². The molecule has 3 aromatic heterocycles. The Kier molecular flexibility index (Phi) is 9.17. The summed E-state index contributed by atoms with van der Waals surface area (Å²) in [4.78, 5) is 0. The Balaban J connectivity index is 1.09. The van der Waals surface area contributed by atoms with E-state index in [0.717, 1.165) is 61.8 Å². The average Bonchev–Trinajstić information content (AvgIpc) is 4.07. The molecule has 0 radical (unpaired) electrons. The van der Waals surface area contributed by atoms with Crippen LogP contribution >= 0.6 is 0 Å². The largest absolute Gasteiger partial charge is 0.355 e. The van der Waals surface area contributed by atoms with Crippen molar-refractivity contribution < 1.29 is 0 Å². The van der Waals surface area contributed by atoms with Crippen LogP contribution in [-0.2, 0) is 0 Å². The van der Waals surface area contributed by atoms with Crippen LogP contribution in [-0.4, -0.2) is 13.7 Å². The van der Waals surface area contributed by atoms with Crippen molar-refractivity contribution in [1.82, 2.24) is 13.7 Å². The molecule has 14 rings (SSSR count). The number of fused-ring (bicyclic) bond motifs is 9. The van der Waals surface area contributed by atoms with Gasteiger partial charge in [-0.25, -0.2) is 0 Å². The number of nitrogens with one attached hydrogen (secondary N) is 1. The summed E-state index contributed by atoms with van der Waals surface area (Å²) in [5, 5.41) is 11.2. The first-order valence-electron chi connectivity index (χ1n) is 24.0. The lowest BCUT2D eigenvalue weighted by atomic mass is 9.85. The summed E-state index contributed by atoms with van der Waals surface area (Å²) in [5.74, 6) is 0. The molecule has 0 spiro atoms. The van der Waals surface area contributed by atoms with Crippen molar-refractivity contribution in [3.8, 4) is 50.4 Å². The molecule has 0 aliphatic heterocycles. The molecule has 70 heavy (non-hydrogen) atoms. The molecule has 328 valence electrons. The van der Waals surface area contributed by atoms with Crippen molar-refractivity contribution in [2.75, 3.05) is 5.32 Å². The smallest absolute Gasteiger partial charge is 0.0541 e. The molecule has 11 aromatic carbocycles. The average molecular weight is 893 g/mol. The van der Waals surface area contributed by atoms with E-state index in [1.165, 1.54) is 65.4 Å². The summed E-state index contributed by atoms with van der Waals surface area (Å²) >= 11 is 0. The minimum Gasteiger partial charge on any atom is -0.355 e. The Hall–Kier alpha value is -9.38. The number of hydrogen-bond acceptors (Lipinski definition) is 1. The van der Waals surface area contributed by atoms with Crippen molar-refractivity contribution in [2.45, 2.75) is 0 Å². The van der Waals surface area contributed by atoms with Crippen LogP contribution in [0.15, 0.2) is 261 Å². The van der Waals surface area contributed by atoms with Gasteiger partial charge in [-0.15, -0.1) is 0 Å². The Morgan fingerprint density at radius 1 is 0.243 bits per heavy atom. The maximum absolute atomic E-state index is 3.93. The zero-order valence-electron chi connectivity index (χ0n) is 38.2. The second kappa shape index (κ2) is 16.2. The van der Waals surface area contributed by atoms with E-state index in [1.807, 2.05) is 0 Å². The lowest BCUT2D eigenvalue weighted by Gasteiger charge is -2.22. The van der Waals surface area contributed by atoms with Crippen LogP contribution in [0.5, 0.6) is 0 Å². The lowest BCUT2D eigenvalue weighted by Crippen LogP contribution is -1.99. The first-order chi connectivity index (χ1) is 34.7. The second-order valence-corrected chi connectivity index (χ2v) is 18.2. The Morgan fingerprint density at radius 2 is 0.586 bits per heavy atom. The monoisotopic (exact) mass is 892 g/mol. The third-order valence-corrected chi connectivity index (χ3v) is 14.2. The fourth-order valence-corrected chi connectivity index (χ4v) is 11.2. The van der Waals surface area contributed by atoms with E-state index in [4.69, 9.17) is 0 Å². The van der Waals surface area contributed by atoms with Crippen molar-refractivity contribution >= 4 is 76.8 Å². The third-order valence-electron chi connectivity index (χ3n) is 14.2. The van der Waals surface area contributed by atoms with Crippen molar-refractivity contribution in [3.05, 3.63) is 261 Å². The number of benzene rings is 11. The summed E-state index contributed by atoms with van der Waals surface area (Å²) < 4.78 is 7.19. The number of nitrogens with zero attached hydrogens (tertiary/aromatic N) is 3. The molecule has 4 nitrogen and oxygen atoms in total. The molecule has 1 N–H and O–H groups in total. The molecule has 14 aromatic rings. The molecule has 3 heterocycles. The van der Waals surface area contributed by atoms with Crippen molar-refractivity contribution in [3.63, 3.8) is 0 Å². The van der Waals surface area contributed by atoms with Crippen molar-refractivity contribution in [2.24, 2.45) is 0 Å². The van der Waals surface area contributed by atoms with Gasteiger partial charge in [0, 0.05) is 66.3 Å². The Bertz CT molecular complexity index is 4300. The standard InChI is InChI=1S/C66H44N4/c1-5-19-47(20-6-1)67-58-37-36-51(44-33-38-62-55(41-44)52-27-13-16-30-59(52)68(62)48-21-7-2-8-22-48)65(45-34-39-63-56(42-45)53-28-14-17-31-60(53)69(63)49-23-9-3-10-24-49)66(58)46-35-40-64-57(43-46)54-29-15-18-32-61(54)70(64)50-25-11-4-12-26-50/h1-43,67H. The number of hydrogen-bond donors (Lipinski definition) is 1. The first-order valence-corrected chi connectivity index (χ1v) is 24.0. The molecule has 0 atom stereocenters. The van der Waals surface area contributed by atoms with Gasteiger partial charge in [0.2, 0.25) is 0 Å². The summed E-state index contributed by atoms with van der Waals surface area (Å²) in [6.07, 6.45) is 0. The molecule has 0 saturated heterocycles. The van der Waals surface area contributed by atoms with Gasteiger partial charge in [-0.05, 0) is 137 Å². The molecule has 0 bridgehead atoms. The van der Waals surface area contributed by atoms with E-state index in [-0.39, 0.29) is 0 Å². The minimum atomic E-state index is 1.03. The molecule has 4 heteroatoms. The minimum absolute atomic E-state index is 1.03. The molecule has 0 saturated carbocycles. The van der Waals surface area contributed by atoms with Gasteiger partial charge in [-0.1, -0.05) is 152 Å². The van der Waals surface area contributed by atoms with Crippen LogP contribution in [0.3, 0.4) is 0 Å². The molecule has 0 aliphatic rings. The Labute approximate surface area is 405 Å². The van der Waals surface area contributed by atoms with Crippen LogP contribution in [0.2, 0.25) is 0 Å². The first kappa shape index (κ1) is 39.8. The quantitative estimate of drug-likeness (QED) is 0.162. The summed E-state index contributed by atoms with van der Waals surface area (Å²) in [5.41, 5.74) is 19.4. The van der Waals surface area contributed by atoms with Crippen LogP contribution < -0.4 is 5.32 Å². The topological polar surface area (TPSA) is 26.8 Å². The summed E-state index contributed by atoms with van der Waals surface area (Å²) in [7, 11) is 0. The molecule has 0 amide bonds. The predicted molar refractivity (Wildman–Crippen MR) is 295 cm³/mol. The van der Waals surface area contributed by atoms with Crippen molar-refractivity contribution in [1.29, 1.82) is 0 Å². The van der Waals surface area contributed by atoms with Gasteiger partial charge in [0.1, 0.15) is 0 Å². The predicted octanol–water partition coefficient (Wildman–Crippen LogP) is 17.7. The van der Waals surface area contributed by atoms with E-state index in [9.17, 15) is 0 Å². The lowest BCUT2D eigenvalue weighted by molar-refractivity contribution is 1.18. The highest BCUT2D eigenvalue weighted by molar-refractivity contribution is 6.15. The third kappa shape index (κ3) is 6.31. The maximum atomic E-state index is 3.93. The normalized spacial score (nSPS) is 11.7. The SMILES string of the molecule is c1ccc(Nc2ccc(-c3ccc4c(c3)c3ccccc3n4-c3ccccc3)c(-c3ccc4c(c3)c3ccccc3n4-c3ccccc3)c2-c2ccc3c(c2)c2ccccc2n3-c2ccccc2)cc1. The van der Waals surface area contributed by atoms with Crippen LogP contribution in [0.1, 0.15) is 0 Å². The highest BCUT2D eigenvalue weighted by Crippen LogP contribution is 2.49. The summed E-state index contributed by atoms with van der Waals surface area (Å²) in [6.45, 7) is 0. The number of para-hydroxylation sites is 7. The number of rotatable bonds is 8. The second-order valence-electron chi connectivity index (χ2n) is 18.2. The van der Waals surface area contributed by atoms with E-state index >= 15 is 0 Å². The van der Waals surface area contributed by atoms with E-state index in [1.54, 1.807) is 0 Å². The van der Waals surface area contributed by atoms with E-state index in [0.29, 0.717) is 0 Å². The molecular formula is C66H44N4. The van der Waals surface area contributed by atoms with E-state index < -0.39 is 0 Å². The fourth-order valence-electron chi connectivity index (χ4n) is 11.2. The molecule has 0 fully saturated rings. The number of anilines is 2. The maximum Gasteiger partial charge on any atom is 0.0541 e. The van der Waals surface area contributed by atoms with Gasteiger partial charge in [-0.3, -0.25) is 0 Å². The van der Waals surface area contributed by atoms with Gasteiger partial charge in [0.05, 0.1) is 33.1 Å². The van der Waals surface area contributed by atoms with Gasteiger partial charge in [0.25, 0.3) is 0 Å². The van der Waals surface area contributed by atoms with Crippen LogP contribution in [0.25, 0.3) is 116 Å².